The Kier molecular flexibility index (Phi) is 7.25. The maximum absolute atomic E-state index is 15.5. The molecule has 0 aliphatic heterocycles. The second-order valence-corrected chi connectivity index (χ2v) is 9.86. The van der Waals surface area contributed by atoms with Crippen molar-refractivity contribution in [3.8, 4) is 0 Å². The smallest absolute Gasteiger partial charge is 0.204 e. The number of allylic oxidation sites excluding steroid dienone is 2. The summed E-state index contributed by atoms with van der Waals surface area (Å²) in [5, 5.41) is 0. The highest BCUT2D eigenvalue weighted by molar-refractivity contribution is 6.88. The third-order valence-corrected chi connectivity index (χ3v) is 7.29. The molecule has 41 heavy (non-hydrogen) atoms. The van der Waals surface area contributed by atoms with Crippen molar-refractivity contribution in [1.82, 2.24) is 0 Å². The van der Waals surface area contributed by atoms with E-state index in [1.54, 1.807) is 56.3 Å². The Balaban J connectivity index is 2.01. The molecule has 210 valence electrons. The molecule has 0 spiro atoms. The molecule has 0 heterocycles. The second kappa shape index (κ2) is 10.4. The third kappa shape index (κ3) is 4.24. The summed E-state index contributed by atoms with van der Waals surface area (Å²) in [7, 11) is 0. The van der Waals surface area contributed by atoms with Crippen molar-refractivity contribution in [3.63, 3.8) is 0 Å². The van der Waals surface area contributed by atoms with Crippen LogP contribution >= 0.6 is 0 Å². The Morgan fingerprint density at radius 2 is 0.902 bits per heavy atom. The first-order valence-electron chi connectivity index (χ1n) is 12.3. The molecule has 0 radical (unpaired) electrons. The fourth-order valence-electron chi connectivity index (χ4n) is 5.67. The van der Waals surface area contributed by atoms with Gasteiger partial charge in [-0.2, -0.15) is 0 Å². The highest BCUT2D eigenvalue weighted by atomic mass is 19.2. The van der Waals surface area contributed by atoms with E-state index in [0.717, 1.165) is 0 Å². The molecule has 0 bridgehead atoms. The standard InChI is InChI=1S/C30H17BF10/c1-12(2)16-14-10-6-7-11-15(14)18(17(16)13-8-4-3-5-9-13)31(19-21(32)25(36)29(40)26(37)22(19)33)20-23(34)27(38)30(41)28(39)24(20)35/h3-12,18H,1-2H3. The van der Waals surface area contributed by atoms with E-state index in [2.05, 4.69) is 0 Å². The van der Waals surface area contributed by atoms with Gasteiger partial charge in [0.25, 0.3) is 0 Å². The summed E-state index contributed by atoms with van der Waals surface area (Å²) in [5.74, 6) is -26.7. The van der Waals surface area contributed by atoms with Crippen molar-refractivity contribution in [1.29, 1.82) is 0 Å². The molecule has 1 atom stereocenters. The summed E-state index contributed by atoms with van der Waals surface area (Å²) in [4.78, 5) is 0. The van der Waals surface area contributed by atoms with Crippen LogP contribution in [0.25, 0.3) is 11.1 Å². The molecule has 0 nitrogen and oxygen atoms in total. The predicted molar refractivity (Wildman–Crippen MR) is 135 cm³/mol. The highest BCUT2D eigenvalue weighted by Crippen LogP contribution is 2.51. The molecule has 1 aliphatic rings. The minimum atomic E-state index is -2.59. The van der Waals surface area contributed by atoms with Gasteiger partial charge in [0, 0.05) is 10.9 Å². The van der Waals surface area contributed by atoms with E-state index < -0.39 is 81.6 Å². The molecular formula is C30H17BF10. The molecule has 0 saturated heterocycles. The van der Waals surface area contributed by atoms with E-state index in [0.29, 0.717) is 16.7 Å². The van der Waals surface area contributed by atoms with Crippen molar-refractivity contribution in [2.75, 3.05) is 0 Å². The fourth-order valence-corrected chi connectivity index (χ4v) is 5.67. The van der Waals surface area contributed by atoms with Gasteiger partial charge in [0.2, 0.25) is 6.71 Å². The predicted octanol–water partition coefficient (Wildman–Crippen LogP) is 7.59. The van der Waals surface area contributed by atoms with Crippen LogP contribution in [0.2, 0.25) is 0 Å². The van der Waals surface area contributed by atoms with Crippen LogP contribution in [-0.2, 0) is 0 Å². The van der Waals surface area contributed by atoms with Gasteiger partial charge in [-0.1, -0.05) is 68.4 Å². The van der Waals surface area contributed by atoms with Gasteiger partial charge < -0.3 is 0 Å². The largest absolute Gasteiger partial charge is 0.237 e. The van der Waals surface area contributed by atoms with Crippen LogP contribution in [0.1, 0.15) is 36.4 Å². The molecule has 1 unspecified atom stereocenters. The number of hydrogen-bond donors (Lipinski definition) is 0. The number of fused-ring (bicyclic) bond motifs is 1. The maximum atomic E-state index is 15.5. The van der Waals surface area contributed by atoms with Gasteiger partial charge >= 0.3 is 0 Å². The molecule has 4 aromatic rings. The second-order valence-electron chi connectivity index (χ2n) is 9.86. The summed E-state index contributed by atoms with van der Waals surface area (Å²) in [6, 6.07) is 13.9. The number of halogens is 10. The Morgan fingerprint density at radius 3 is 1.34 bits per heavy atom. The molecule has 4 aromatic carbocycles. The van der Waals surface area contributed by atoms with Gasteiger partial charge in [0.1, 0.15) is 0 Å². The minimum Gasteiger partial charge on any atom is -0.204 e. The third-order valence-electron chi connectivity index (χ3n) is 7.29. The van der Waals surface area contributed by atoms with E-state index in [9.17, 15) is 26.3 Å². The lowest BCUT2D eigenvalue weighted by molar-refractivity contribution is 0.382. The van der Waals surface area contributed by atoms with E-state index >= 15 is 17.6 Å². The zero-order valence-electron chi connectivity index (χ0n) is 21.2. The Hall–Kier alpha value is -4.02. The average Bonchev–Trinajstić information content (AvgIpc) is 3.32. The van der Waals surface area contributed by atoms with E-state index in [4.69, 9.17) is 0 Å². The Morgan fingerprint density at radius 1 is 0.512 bits per heavy atom. The lowest BCUT2D eigenvalue weighted by atomic mass is 9.31. The lowest BCUT2D eigenvalue weighted by Crippen LogP contribution is -2.54. The monoisotopic (exact) mass is 578 g/mol. The van der Waals surface area contributed by atoms with Crippen LogP contribution in [0.5, 0.6) is 0 Å². The van der Waals surface area contributed by atoms with Gasteiger partial charge in [0.15, 0.2) is 58.2 Å². The Labute approximate surface area is 228 Å². The van der Waals surface area contributed by atoms with E-state index in [1.807, 2.05) is 0 Å². The van der Waals surface area contributed by atoms with Crippen molar-refractivity contribution < 1.29 is 43.9 Å². The normalized spacial score (nSPS) is 14.7. The zero-order valence-corrected chi connectivity index (χ0v) is 21.2. The molecule has 0 saturated carbocycles. The molecule has 5 rings (SSSR count). The van der Waals surface area contributed by atoms with Crippen LogP contribution in [-0.4, -0.2) is 6.71 Å². The summed E-state index contributed by atoms with van der Waals surface area (Å²) in [6.07, 6.45) is 0. The van der Waals surface area contributed by atoms with Gasteiger partial charge in [-0.05, 0) is 39.6 Å². The van der Waals surface area contributed by atoms with E-state index in [1.165, 1.54) is 12.1 Å². The summed E-state index contributed by atoms with van der Waals surface area (Å²) in [5.41, 5.74) is -1.91. The van der Waals surface area contributed by atoms with Crippen molar-refractivity contribution in [2.45, 2.75) is 19.7 Å². The first-order valence-corrected chi connectivity index (χ1v) is 12.3. The first kappa shape index (κ1) is 28.5. The summed E-state index contributed by atoms with van der Waals surface area (Å²) < 4.78 is 148. The summed E-state index contributed by atoms with van der Waals surface area (Å²) in [6.45, 7) is 0.892. The van der Waals surface area contributed by atoms with Crippen molar-refractivity contribution >= 4 is 28.8 Å². The first-order chi connectivity index (χ1) is 19.4. The Bertz CT molecular complexity index is 1600. The minimum absolute atomic E-state index is 0.132. The molecule has 0 aromatic heterocycles. The number of benzene rings is 4. The summed E-state index contributed by atoms with van der Waals surface area (Å²) >= 11 is 0. The molecule has 0 N–H and O–H groups in total. The average molecular weight is 578 g/mol. The van der Waals surface area contributed by atoms with Gasteiger partial charge in [0.05, 0.1) is 0 Å². The van der Waals surface area contributed by atoms with Gasteiger partial charge in [-0.3, -0.25) is 0 Å². The maximum Gasteiger partial charge on any atom is 0.237 e. The van der Waals surface area contributed by atoms with Gasteiger partial charge in [-0.15, -0.1) is 0 Å². The van der Waals surface area contributed by atoms with Crippen LogP contribution in [0.15, 0.2) is 54.6 Å². The van der Waals surface area contributed by atoms with Gasteiger partial charge in [-0.25, -0.2) is 43.9 Å². The molecule has 0 fully saturated rings. The molecule has 11 heteroatoms. The molecule has 1 aliphatic carbocycles. The van der Waals surface area contributed by atoms with E-state index in [-0.39, 0.29) is 17.1 Å². The quantitative estimate of drug-likeness (QED) is 0.0992. The number of rotatable bonds is 5. The van der Waals surface area contributed by atoms with Crippen LogP contribution in [0.4, 0.5) is 43.9 Å². The molecular weight excluding hydrogens is 561 g/mol. The molecule has 0 amide bonds. The zero-order chi connectivity index (χ0) is 29.9. The lowest BCUT2D eigenvalue weighted by Gasteiger charge is -2.28. The SMILES string of the molecule is CC(C)C1=C(c2ccccc2)C(B(c2c(F)c(F)c(F)c(F)c2F)c2c(F)c(F)c(F)c(F)c2F)c2ccccc21. The fraction of sp³-hybridized carbons (Fsp3) is 0.133. The van der Waals surface area contributed by atoms with Crippen molar-refractivity contribution in [3.05, 3.63) is 129 Å². The van der Waals surface area contributed by atoms with Crippen molar-refractivity contribution in [2.24, 2.45) is 5.92 Å². The number of hydrogen-bond acceptors (Lipinski definition) is 0. The van der Waals surface area contributed by atoms with Crippen LogP contribution < -0.4 is 10.9 Å². The van der Waals surface area contributed by atoms with Crippen LogP contribution in [0.3, 0.4) is 0 Å². The topological polar surface area (TPSA) is 0 Å². The van der Waals surface area contributed by atoms with Crippen LogP contribution in [0, 0.1) is 64.1 Å². The highest BCUT2D eigenvalue weighted by Gasteiger charge is 2.48.